The van der Waals surface area contributed by atoms with Crippen molar-refractivity contribution in [3.8, 4) is 0 Å². The van der Waals surface area contributed by atoms with Crippen LogP contribution in [0.1, 0.15) is 55.8 Å². The van der Waals surface area contributed by atoms with E-state index in [4.69, 9.17) is 4.74 Å². The summed E-state index contributed by atoms with van der Waals surface area (Å²) in [6.07, 6.45) is 4.34. The van der Waals surface area contributed by atoms with Crippen LogP contribution in [0.5, 0.6) is 0 Å². The van der Waals surface area contributed by atoms with E-state index in [9.17, 15) is 19.2 Å². The molecule has 0 radical (unpaired) electrons. The summed E-state index contributed by atoms with van der Waals surface area (Å²) in [6, 6.07) is 6.55. The zero-order valence-electron chi connectivity index (χ0n) is 16.8. The van der Waals surface area contributed by atoms with Gasteiger partial charge in [-0.2, -0.15) is 0 Å². The molecule has 0 bridgehead atoms. The van der Waals surface area contributed by atoms with Gasteiger partial charge in [-0.3, -0.25) is 19.2 Å². The molecule has 0 unspecified atom stereocenters. The van der Waals surface area contributed by atoms with Gasteiger partial charge in [0, 0.05) is 36.7 Å². The van der Waals surface area contributed by atoms with Gasteiger partial charge in [0.2, 0.25) is 11.8 Å². The maximum absolute atomic E-state index is 12.3. The van der Waals surface area contributed by atoms with Gasteiger partial charge < -0.3 is 15.0 Å². The first kappa shape index (κ1) is 21.0. The quantitative estimate of drug-likeness (QED) is 0.535. The molecule has 2 amide bonds. The van der Waals surface area contributed by atoms with Crippen LogP contribution in [0.2, 0.25) is 0 Å². The summed E-state index contributed by atoms with van der Waals surface area (Å²) in [5, 5.41) is 2.76. The van der Waals surface area contributed by atoms with Gasteiger partial charge in [-0.1, -0.05) is 6.92 Å². The second kappa shape index (κ2) is 9.67. The normalized spacial score (nSPS) is 16.9. The van der Waals surface area contributed by atoms with Crippen LogP contribution < -0.4 is 5.32 Å². The van der Waals surface area contributed by atoms with Gasteiger partial charge in [-0.05, 0) is 56.4 Å². The molecule has 1 saturated heterocycles. The van der Waals surface area contributed by atoms with Crippen molar-refractivity contribution in [2.75, 3.05) is 25.0 Å². The van der Waals surface area contributed by atoms with Crippen LogP contribution in [0, 0.1) is 11.8 Å². The topological polar surface area (TPSA) is 92.8 Å². The summed E-state index contributed by atoms with van der Waals surface area (Å²) in [6.45, 7) is 2.78. The van der Waals surface area contributed by atoms with E-state index in [1.54, 1.807) is 24.3 Å². The Morgan fingerprint density at radius 1 is 1.00 bits per heavy atom. The highest BCUT2D eigenvalue weighted by molar-refractivity contribution is 5.99. The molecule has 1 aliphatic carbocycles. The predicted molar refractivity (Wildman–Crippen MR) is 107 cm³/mol. The van der Waals surface area contributed by atoms with Crippen LogP contribution >= 0.6 is 0 Å². The average Bonchev–Trinajstić information content (AvgIpc) is 3.57. The van der Waals surface area contributed by atoms with E-state index in [-0.39, 0.29) is 42.0 Å². The SMILES string of the molecule is CCCC(=O)Nc1ccc(C(=O)COC(=O)C2CCN(C(=O)C3CC3)CC2)cc1. The number of carbonyl (C=O) groups is 4. The Morgan fingerprint density at radius 3 is 2.24 bits per heavy atom. The average molecular weight is 400 g/mol. The summed E-state index contributed by atoms with van der Waals surface area (Å²) >= 11 is 0. The van der Waals surface area contributed by atoms with Crippen molar-refractivity contribution >= 4 is 29.3 Å². The number of likely N-dealkylation sites (tertiary alicyclic amines) is 1. The molecule has 0 aromatic heterocycles. The number of carbonyl (C=O) groups excluding carboxylic acids is 4. The molecule has 3 rings (SSSR count). The van der Waals surface area contributed by atoms with Crippen LogP contribution in [0.3, 0.4) is 0 Å². The number of nitrogens with one attached hydrogen (secondary N) is 1. The van der Waals surface area contributed by atoms with Crippen molar-refractivity contribution in [3.05, 3.63) is 29.8 Å². The molecule has 1 aliphatic heterocycles. The van der Waals surface area contributed by atoms with Crippen molar-refractivity contribution in [2.45, 2.75) is 45.4 Å². The molecule has 1 heterocycles. The summed E-state index contributed by atoms with van der Waals surface area (Å²) in [4.78, 5) is 50.0. The van der Waals surface area contributed by atoms with Gasteiger partial charge in [-0.25, -0.2) is 0 Å². The number of benzene rings is 1. The number of amides is 2. The first-order chi connectivity index (χ1) is 14.0. The first-order valence-electron chi connectivity index (χ1n) is 10.4. The van der Waals surface area contributed by atoms with E-state index in [1.807, 2.05) is 11.8 Å². The molecule has 1 aromatic carbocycles. The number of esters is 1. The number of ether oxygens (including phenoxy) is 1. The Kier molecular flexibility index (Phi) is 7.01. The Balaban J connectivity index is 1.41. The van der Waals surface area contributed by atoms with Crippen molar-refractivity contribution < 1.29 is 23.9 Å². The lowest BCUT2D eigenvalue weighted by Gasteiger charge is -2.31. The maximum atomic E-state index is 12.3. The Hall–Kier alpha value is -2.70. The molecule has 7 heteroatoms. The fraction of sp³-hybridized carbons (Fsp3) is 0.545. The molecular formula is C22H28N2O5. The van der Waals surface area contributed by atoms with Crippen molar-refractivity contribution in [1.82, 2.24) is 4.90 Å². The lowest BCUT2D eigenvalue weighted by Crippen LogP contribution is -2.41. The van der Waals surface area contributed by atoms with Gasteiger partial charge in [0.1, 0.15) is 0 Å². The van der Waals surface area contributed by atoms with E-state index >= 15 is 0 Å². The molecule has 156 valence electrons. The fourth-order valence-corrected chi connectivity index (χ4v) is 3.45. The minimum absolute atomic E-state index is 0.0645. The van der Waals surface area contributed by atoms with Crippen LogP contribution in [-0.2, 0) is 19.1 Å². The Bertz CT molecular complexity index is 762. The largest absolute Gasteiger partial charge is 0.457 e. The summed E-state index contributed by atoms with van der Waals surface area (Å²) < 4.78 is 5.22. The third-order valence-electron chi connectivity index (χ3n) is 5.38. The molecule has 0 spiro atoms. The standard InChI is InChI=1S/C22H28N2O5/c1-2-3-20(26)23-18-8-6-15(7-9-18)19(25)14-29-22(28)17-10-12-24(13-11-17)21(27)16-4-5-16/h6-9,16-17H,2-5,10-14H2,1H3,(H,23,26). The molecule has 1 aromatic rings. The molecule has 2 fully saturated rings. The first-order valence-corrected chi connectivity index (χ1v) is 10.4. The summed E-state index contributed by atoms with van der Waals surface area (Å²) in [5.41, 5.74) is 1.06. The van der Waals surface area contributed by atoms with Crippen LogP contribution in [0.15, 0.2) is 24.3 Å². The van der Waals surface area contributed by atoms with E-state index in [2.05, 4.69) is 5.32 Å². The lowest BCUT2D eigenvalue weighted by atomic mass is 9.96. The van der Waals surface area contributed by atoms with E-state index in [0.29, 0.717) is 43.6 Å². The fourth-order valence-electron chi connectivity index (χ4n) is 3.45. The van der Waals surface area contributed by atoms with E-state index in [0.717, 1.165) is 19.3 Å². The predicted octanol–water partition coefficient (Wildman–Crippen LogP) is 2.80. The lowest BCUT2D eigenvalue weighted by molar-refractivity contribution is -0.150. The van der Waals surface area contributed by atoms with Gasteiger partial charge >= 0.3 is 5.97 Å². The summed E-state index contributed by atoms with van der Waals surface area (Å²) in [7, 11) is 0. The minimum atomic E-state index is -0.375. The highest BCUT2D eigenvalue weighted by Crippen LogP contribution is 2.32. The van der Waals surface area contributed by atoms with Crippen molar-refractivity contribution in [1.29, 1.82) is 0 Å². The number of nitrogens with zero attached hydrogens (tertiary/aromatic N) is 1. The molecule has 0 atom stereocenters. The third kappa shape index (κ3) is 5.89. The van der Waals surface area contributed by atoms with Crippen LogP contribution in [0.4, 0.5) is 5.69 Å². The zero-order valence-corrected chi connectivity index (χ0v) is 16.8. The van der Waals surface area contributed by atoms with Crippen molar-refractivity contribution in [2.24, 2.45) is 11.8 Å². The molecular weight excluding hydrogens is 372 g/mol. The number of hydrogen-bond donors (Lipinski definition) is 1. The third-order valence-corrected chi connectivity index (χ3v) is 5.38. The van der Waals surface area contributed by atoms with E-state index in [1.165, 1.54) is 0 Å². The van der Waals surface area contributed by atoms with Gasteiger partial charge in [0.25, 0.3) is 0 Å². The second-order valence-corrected chi connectivity index (χ2v) is 7.78. The van der Waals surface area contributed by atoms with Gasteiger partial charge in [0.05, 0.1) is 5.92 Å². The van der Waals surface area contributed by atoms with Gasteiger partial charge in [-0.15, -0.1) is 0 Å². The monoisotopic (exact) mass is 400 g/mol. The van der Waals surface area contributed by atoms with Crippen LogP contribution in [-0.4, -0.2) is 48.2 Å². The number of rotatable bonds is 8. The molecule has 1 N–H and O–H groups in total. The second-order valence-electron chi connectivity index (χ2n) is 7.78. The number of Topliss-reactive ketones (excluding diaryl/α,β-unsaturated/α-hetero) is 1. The number of piperidine rings is 1. The highest BCUT2D eigenvalue weighted by atomic mass is 16.5. The highest BCUT2D eigenvalue weighted by Gasteiger charge is 2.36. The van der Waals surface area contributed by atoms with E-state index < -0.39 is 0 Å². The Morgan fingerprint density at radius 2 is 1.66 bits per heavy atom. The zero-order chi connectivity index (χ0) is 20.8. The minimum Gasteiger partial charge on any atom is -0.457 e. The number of anilines is 1. The number of hydrogen-bond acceptors (Lipinski definition) is 5. The smallest absolute Gasteiger partial charge is 0.309 e. The molecule has 1 saturated carbocycles. The molecule has 2 aliphatic rings. The molecule has 29 heavy (non-hydrogen) atoms. The number of ketones is 1. The van der Waals surface area contributed by atoms with Crippen LogP contribution in [0.25, 0.3) is 0 Å². The van der Waals surface area contributed by atoms with Gasteiger partial charge in [0.15, 0.2) is 12.4 Å². The summed E-state index contributed by atoms with van der Waals surface area (Å²) in [5.74, 6) is -0.581. The van der Waals surface area contributed by atoms with Crippen molar-refractivity contribution in [3.63, 3.8) is 0 Å². The maximum Gasteiger partial charge on any atom is 0.309 e. The molecule has 7 nitrogen and oxygen atoms in total. The Labute approximate surface area is 170 Å².